The topological polar surface area (TPSA) is 66.6 Å². The highest BCUT2D eigenvalue weighted by Crippen LogP contribution is 2.25. The highest BCUT2D eigenvalue weighted by atomic mass is 16.4. The molecule has 0 aromatic heterocycles. The van der Waals surface area contributed by atoms with Gasteiger partial charge < -0.3 is 10.8 Å². The number of carboxylic acid groups (broad SMARTS) is 1. The Morgan fingerprint density at radius 2 is 2.00 bits per heavy atom. The summed E-state index contributed by atoms with van der Waals surface area (Å²) in [6.07, 6.45) is 6.08. The Bertz CT molecular complexity index is 544. The van der Waals surface area contributed by atoms with E-state index in [1.165, 1.54) is 42.4 Å². The van der Waals surface area contributed by atoms with Crippen LogP contribution in [0.2, 0.25) is 0 Å². The first-order valence-electron chi connectivity index (χ1n) is 8.40. The quantitative estimate of drug-likeness (QED) is 0.895. The van der Waals surface area contributed by atoms with Crippen molar-refractivity contribution in [3.63, 3.8) is 0 Å². The summed E-state index contributed by atoms with van der Waals surface area (Å²) in [6, 6.07) is 6.95. The van der Waals surface area contributed by atoms with Crippen molar-refractivity contribution >= 4 is 5.97 Å². The molecule has 22 heavy (non-hydrogen) atoms. The summed E-state index contributed by atoms with van der Waals surface area (Å²) in [7, 11) is 0. The Hall–Kier alpha value is -1.39. The van der Waals surface area contributed by atoms with Gasteiger partial charge in [0.25, 0.3) is 0 Å². The van der Waals surface area contributed by atoms with Gasteiger partial charge in [0.15, 0.2) is 0 Å². The van der Waals surface area contributed by atoms with Crippen molar-refractivity contribution in [1.29, 1.82) is 0 Å². The zero-order valence-electron chi connectivity index (χ0n) is 13.1. The third-order valence-electron chi connectivity index (χ3n) is 4.93. The van der Waals surface area contributed by atoms with Crippen LogP contribution in [0.3, 0.4) is 0 Å². The highest BCUT2D eigenvalue weighted by Gasteiger charge is 2.26. The fourth-order valence-electron chi connectivity index (χ4n) is 4.02. The Balaban J connectivity index is 1.65. The van der Waals surface area contributed by atoms with Crippen molar-refractivity contribution in [3.8, 4) is 0 Å². The van der Waals surface area contributed by atoms with Crippen LogP contribution in [-0.2, 0) is 24.2 Å². The van der Waals surface area contributed by atoms with Gasteiger partial charge in [0.1, 0.15) is 0 Å². The average Bonchev–Trinajstić information content (AvgIpc) is 2.45. The number of benzene rings is 1. The zero-order chi connectivity index (χ0) is 15.5. The van der Waals surface area contributed by atoms with E-state index in [-0.39, 0.29) is 18.4 Å². The Morgan fingerprint density at radius 3 is 2.77 bits per heavy atom. The minimum atomic E-state index is -0.715. The van der Waals surface area contributed by atoms with Gasteiger partial charge in [0.05, 0.1) is 0 Å². The first-order valence-corrected chi connectivity index (χ1v) is 8.40. The number of fused-ring (bicyclic) bond motifs is 1. The average molecular weight is 302 g/mol. The van der Waals surface area contributed by atoms with Crippen LogP contribution in [0.15, 0.2) is 18.2 Å². The predicted octanol–water partition coefficient (Wildman–Crippen LogP) is 2.19. The number of aryl methyl sites for hydroxylation is 2. The number of rotatable bonds is 4. The fourth-order valence-corrected chi connectivity index (χ4v) is 4.02. The minimum absolute atomic E-state index is 0.0933. The number of aliphatic carboxylic acids is 1. The maximum absolute atomic E-state index is 10.9. The van der Waals surface area contributed by atoms with E-state index in [2.05, 4.69) is 23.1 Å². The highest BCUT2D eigenvalue weighted by molar-refractivity contribution is 5.67. The molecule has 1 fully saturated rings. The van der Waals surface area contributed by atoms with Gasteiger partial charge >= 0.3 is 5.97 Å². The van der Waals surface area contributed by atoms with Crippen LogP contribution in [0.1, 0.15) is 42.4 Å². The van der Waals surface area contributed by atoms with Crippen molar-refractivity contribution < 1.29 is 9.90 Å². The molecule has 1 aromatic rings. The summed E-state index contributed by atoms with van der Waals surface area (Å²) in [4.78, 5) is 13.3. The van der Waals surface area contributed by atoms with Crippen molar-refractivity contribution in [2.45, 2.75) is 51.1 Å². The number of carboxylic acids is 1. The largest absolute Gasteiger partial charge is 0.481 e. The van der Waals surface area contributed by atoms with Crippen molar-refractivity contribution in [2.24, 2.45) is 11.7 Å². The Kier molecular flexibility index (Phi) is 4.79. The lowest BCUT2D eigenvalue weighted by atomic mass is 9.89. The third kappa shape index (κ3) is 3.87. The van der Waals surface area contributed by atoms with E-state index >= 15 is 0 Å². The summed E-state index contributed by atoms with van der Waals surface area (Å²) in [5, 5.41) is 9.00. The van der Waals surface area contributed by atoms with E-state index in [0.717, 1.165) is 26.1 Å². The van der Waals surface area contributed by atoms with Crippen molar-refractivity contribution in [3.05, 3.63) is 34.9 Å². The van der Waals surface area contributed by atoms with E-state index in [0.29, 0.717) is 0 Å². The summed E-state index contributed by atoms with van der Waals surface area (Å²) in [5.74, 6) is -0.535. The number of hydrogen-bond acceptors (Lipinski definition) is 3. The van der Waals surface area contributed by atoms with Gasteiger partial charge in [-0.25, -0.2) is 0 Å². The summed E-state index contributed by atoms with van der Waals surface area (Å²) in [6.45, 7) is 2.60. The fraction of sp³-hybridized carbons (Fsp3) is 0.611. The number of piperidine rings is 1. The second-order valence-corrected chi connectivity index (χ2v) is 6.96. The Morgan fingerprint density at radius 1 is 1.23 bits per heavy atom. The summed E-state index contributed by atoms with van der Waals surface area (Å²) < 4.78 is 0. The summed E-state index contributed by atoms with van der Waals surface area (Å²) in [5.41, 5.74) is 10.5. The van der Waals surface area contributed by atoms with Crippen molar-refractivity contribution in [1.82, 2.24) is 4.90 Å². The molecule has 4 nitrogen and oxygen atoms in total. The number of likely N-dealkylation sites (tertiary alicyclic amines) is 1. The molecule has 1 aliphatic carbocycles. The maximum atomic E-state index is 10.9. The molecule has 120 valence electrons. The number of nitrogens with zero attached hydrogens (tertiary/aromatic N) is 1. The van der Waals surface area contributed by atoms with Crippen LogP contribution in [0, 0.1) is 5.92 Å². The second-order valence-electron chi connectivity index (χ2n) is 6.96. The van der Waals surface area contributed by atoms with Crippen molar-refractivity contribution in [2.75, 3.05) is 13.1 Å². The van der Waals surface area contributed by atoms with E-state index in [1.807, 2.05) is 0 Å². The lowest BCUT2D eigenvalue weighted by Crippen LogP contribution is -2.47. The van der Waals surface area contributed by atoms with E-state index in [4.69, 9.17) is 10.8 Å². The SMILES string of the molecule is NC1CC(CC(=O)O)CN(Cc2ccc3c(c2)CCCC3)C1. The van der Waals surface area contributed by atoms with Gasteiger partial charge in [-0.05, 0) is 54.7 Å². The maximum Gasteiger partial charge on any atom is 0.303 e. The molecule has 3 N–H and O–H groups in total. The van der Waals surface area contributed by atoms with Gasteiger partial charge in [-0.1, -0.05) is 18.2 Å². The molecule has 0 spiro atoms. The number of nitrogens with two attached hydrogens (primary N) is 1. The van der Waals surface area contributed by atoms with E-state index in [1.54, 1.807) is 0 Å². The number of carbonyl (C=O) groups is 1. The van der Waals surface area contributed by atoms with Crippen LogP contribution in [0.4, 0.5) is 0 Å². The second kappa shape index (κ2) is 6.80. The molecule has 0 radical (unpaired) electrons. The monoisotopic (exact) mass is 302 g/mol. The molecule has 2 unspecified atom stereocenters. The minimum Gasteiger partial charge on any atom is -0.481 e. The zero-order valence-corrected chi connectivity index (χ0v) is 13.1. The van der Waals surface area contributed by atoms with Gasteiger partial charge in [0, 0.05) is 32.1 Å². The van der Waals surface area contributed by atoms with Crippen LogP contribution in [-0.4, -0.2) is 35.1 Å². The molecule has 1 aromatic carbocycles. The first-order chi connectivity index (χ1) is 10.6. The van der Waals surface area contributed by atoms with Gasteiger partial charge in [-0.3, -0.25) is 9.69 Å². The Labute approximate surface area is 132 Å². The molecule has 2 atom stereocenters. The summed E-state index contributed by atoms with van der Waals surface area (Å²) >= 11 is 0. The normalized spacial score (nSPS) is 25.7. The predicted molar refractivity (Wildman–Crippen MR) is 86.7 cm³/mol. The standard InChI is InChI=1S/C18H26N2O2/c19-17-8-14(9-18(21)22)11-20(12-17)10-13-5-6-15-3-1-2-4-16(15)7-13/h5-7,14,17H,1-4,8-12,19H2,(H,21,22). The molecule has 1 aliphatic heterocycles. The number of hydrogen-bond donors (Lipinski definition) is 2. The molecule has 1 saturated heterocycles. The van der Waals surface area contributed by atoms with Crippen LogP contribution < -0.4 is 5.73 Å². The lowest BCUT2D eigenvalue weighted by Gasteiger charge is -2.36. The molecule has 4 heteroatoms. The first kappa shape index (κ1) is 15.5. The molecule has 0 amide bonds. The van der Waals surface area contributed by atoms with Crippen LogP contribution >= 0.6 is 0 Å². The van der Waals surface area contributed by atoms with Crippen LogP contribution in [0.5, 0.6) is 0 Å². The van der Waals surface area contributed by atoms with E-state index in [9.17, 15) is 4.79 Å². The molecular weight excluding hydrogens is 276 g/mol. The molecular formula is C18H26N2O2. The third-order valence-corrected chi connectivity index (χ3v) is 4.93. The lowest BCUT2D eigenvalue weighted by molar-refractivity contribution is -0.138. The van der Waals surface area contributed by atoms with Gasteiger partial charge in [0.2, 0.25) is 0 Å². The molecule has 1 heterocycles. The molecule has 0 saturated carbocycles. The molecule has 0 bridgehead atoms. The molecule has 2 aliphatic rings. The van der Waals surface area contributed by atoms with Gasteiger partial charge in [-0.15, -0.1) is 0 Å². The molecule has 3 rings (SSSR count). The van der Waals surface area contributed by atoms with Crippen LogP contribution in [0.25, 0.3) is 0 Å². The van der Waals surface area contributed by atoms with E-state index < -0.39 is 5.97 Å². The smallest absolute Gasteiger partial charge is 0.303 e. The van der Waals surface area contributed by atoms with Gasteiger partial charge in [-0.2, -0.15) is 0 Å².